The standard InChI is InChI=1S/C20H28F3N3O4/c1-11(2)8-15(17(27)25-16(18(28)29)9-12(3)4)26-19(30)24-14-7-5-6-13(10-14)20(21,22)23/h5-7,10-12,15-16H,8-9H2,1-4H3,(H,25,27)(H,28,29)(H2,24,26,30)/t15-,16-/m1/s1. The first-order valence-electron chi connectivity index (χ1n) is 9.57. The Morgan fingerprint density at radius 3 is 2.03 bits per heavy atom. The Kier molecular flexibility index (Phi) is 9.13. The van der Waals surface area contributed by atoms with Crippen molar-refractivity contribution in [3.8, 4) is 0 Å². The molecule has 30 heavy (non-hydrogen) atoms. The minimum absolute atomic E-state index is 0.0111. The van der Waals surface area contributed by atoms with Crippen molar-refractivity contribution in [3.63, 3.8) is 0 Å². The molecule has 0 aliphatic carbocycles. The molecule has 0 saturated carbocycles. The maximum atomic E-state index is 12.8. The van der Waals surface area contributed by atoms with Gasteiger partial charge in [0.05, 0.1) is 5.56 Å². The minimum atomic E-state index is -4.56. The van der Waals surface area contributed by atoms with Crippen LogP contribution in [0.15, 0.2) is 24.3 Å². The van der Waals surface area contributed by atoms with E-state index in [0.29, 0.717) is 0 Å². The van der Waals surface area contributed by atoms with Crippen LogP contribution in [0.4, 0.5) is 23.7 Å². The third kappa shape index (κ3) is 8.71. The summed E-state index contributed by atoms with van der Waals surface area (Å²) < 4.78 is 38.4. The summed E-state index contributed by atoms with van der Waals surface area (Å²) in [6, 6.07) is 1.06. The Hall–Kier alpha value is -2.78. The van der Waals surface area contributed by atoms with Crippen molar-refractivity contribution in [2.24, 2.45) is 11.8 Å². The van der Waals surface area contributed by atoms with Crippen molar-refractivity contribution < 1.29 is 32.7 Å². The van der Waals surface area contributed by atoms with Gasteiger partial charge in [-0.3, -0.25) is 4.79 Å². The lowest BCUT2D eigenvalue weighted by Crippen LogP contribution is -2.53. The number of anilines is 1. The molecule has 0 radical (unpaired) electrons. The molecule has 1 rings (SSSR count). The van der Waals surface area contributed by atoms with Gasteiger partial charge in [-0.1, -0.05) is 33.8 Å². The molecule has 0 unspecified atom stereocenters. The van der Waals surface area contributed by atoms with Crippen LogP contribution < -0.4 is 16.0 Å². The quantitative estimate of drug-likeness (QED) is 0.476. The molecule has 168 valence electrons. The first kappa shape index (κ1) is 25.3. The second-order valence-electron chi connectivity index (χ2n) is 7.89. The smallest absolute Gasteiger partial charge is 0.416 e. The monoisotopic (exact) mass is 431 g/mol. The van der Waals surface area contributed by atoms with E-state index >= 15 is 0 Å². The van der Waals surface area contributed by atoms with E-state index in [1.807, 2.05) is 27.7 Å². The van der Waals surface area contributed by atoms with Crippen LogP contribution in [-0.2, 0) is 15.8 Å². The number of alkyl halides is 3. The van der Waals surface area contributed by atoms with Crippen LogP contribution in [0, 0.1) is 11.8 Å². The molecule has 0 fully saturated rings. The van der Waals surface area contributed by atoms with Crippen LogP contribution in [0.5, 0.6) is 0 Å². The average molecular weight is 431 g/mol. The first-order chi connectivity index (χ1) is 13.8. The maximum absolute atomic E-state index is 12.8. The van der Waals surface area contributed by atoms with Gasteiger partial charge in [-0.25, -0.2) is 9.59 Å². The number of nitrogens with one attached hydrogen (secondary N) is 3. The zero-order valence-corrected chi connectivity index (χ0v) is 17.3. The summed E-state index contributed by atoms with van der Waals surface area (Å²) in [6.45, 7) is 7.26. The number of urea groups is 1. The number of aliphatic carboxylic acids is 1. The summed E-state index contributed by atoms with van der Waals surface area (Å²) in [5.74, 6) is -1.85. The van der Waals surface area contributed by atoms with Crippen LogP contribution in [0.3, 0.4) is 0 Å². The fourth-order valence-corrected chi connectivity index (χ4v) is 2.77. The molecular formula is C20H28F3N3O4. The SMILES string of the molecule is CC(C)C[C@@H](NC(=O)[C@@H](CC(C)C)NC(=O)Nc1cccc(C(F)(F)F)c1)C(=O)O. The van der Waals surface area contributed by atoms with E-state index in [1.54, 1.807) is 0 Å². The number of carboxylic acid groups (broad SMARTS) is 1. The highest BCUT2D eigenvalue weighted by atomic mass is 19.4. The number of carbonyl (C=O) groups excluding carboxylic acids is 2. The predicted molar refractivity (Wildman–Crippen MR) is 106 cm³/mol. The van der Waals surface area contributed by atoms with Gasteiger partial charge in [-0.15, -0.1) is 0 Å². The van der Waals surface area contributed by atoms with Crippen molar-refractivity contribution in [1.82, 2.24) is 10.6 Å². The van der Waals surface area contributed by atoms with Gasteiger partial charge in [0.1, 0.15) is 12.1 Å². The number of hydrogen-bond acceptors (Lipinski definition) is 3. The lowest BCUT2D eigenvalue weighted by molar-refractivity contribution is -0.142. The van der Waals surface area contributed by atoms with Gasteiger partial charge in [0.15, 0.2) is 0 Å². The molecule has 10 heteroatoms. The number of hydrogen-bond donors (Lipinski definition) is 4. The lowest BCUT2D eigenvalue weighted by atomic mass is 10.0. The molecule has 0 heterocycles. The largest absolute Gasteiger partial charge is 0.480 e. The van der Waals surface area contributed by atoms with E-state index < -0.39 is 41.7 Å². The van der Waals surface area contributed by atoms with Crippen molar-refractivity contribution >= 4 is 23.6 Å². The summed E-state index contributed by atoms with van der Waals surface area (Å²) >= 11 is 0. The predicted octanol–water partition coefficient (Wildman–Crippen LogP) is 3.86. The number of halogens is 3. The molecule has 1 aromatic carbocycles. The Bertz CT molecular complexity index is 751. The molecule has 0 bridgehead atoms. The maximum Gasteiger partial charge on any atom is 0.416 e. The van der Waals surface area contributed by atoms with Gasteiger partial charge in [0.25, 0.3) is 0 Å². The van der Waals surface area contributed by atoms with Gasteiger partial charge in [0, 0.05) is 5.69 Å². The highest BCUT2D eigenvalue weighted by molar-refractivity contribution is 5.94. The third-order valence-corrected chi connectivity index (χ3v) is 4.10. The van der Waals surface area contributed by atoms with Gasteiger partial charge in [-0.05, 0) is 42.9 Å². The highest BCUT2D eigenvalue weighted by Gasteiger charge is 2.31. The van der Waals surface area contributed by atoms with Crippen LogP contribution in [0.2, 0.25) is 0 Å². The highest BCUT2D eigenvalue weighted by Crippen LogP contribution is 2.30. The summed E-state index contributed by atoms with van der Waals surface area (Å²) in [4.78, 5) is 36.2. The Labute approximate surface area is 173 Å². The second-order valence-corrected chi connectivity index (χ2v) is 7.89. The van der Waals surface area contributed by atoms with Crippen LogP contribution in [0.25, 0.3) is 0 Å². The summed E-state index contributed by atoms with van der Waals surface area (Å²) in [5, 5.41) is 16.4. The fraction of sp³-hybridized carbons (Fsp3) is 0.550. The number of rotatable bonds is 9. The van der Waals surface area contributed by atoms with Gasteiger partial charge >= 0.3 is 18.2 Å². The summed E-state index contributed by atoms with van der Waals surface area (Å²) in [7, 11) is 0. The topological polar surface area (TPSA) is 108 Å². The van der Waals surface area contributed by atoms with Crippen LogP contribution in [-0.4, -0.2) is 35.1 Å². The molecule has 0 saturated heterocycles. The van der Waals surface area contributed by atoms with E-state index in [9.17, 15) is 32.7 Å². The molecule has 0 aromatic heterocycles. The van der Waals surface area contributed by atoms with E-state index in [-0.39, 0.29) is 30.4 Å². The number of amides is 3. The van der Waals surface area contributed by atoms with E-state index in [4.69, 9.17) is 0 Å². The molecule has 1 aromatic rings. The summed E-state index contributed by atoms with van der Waals surface area (Å²) in [5.41, 5.74) is -1.01. The zero-order valence-electron chi connectivity index (χ0n) is 17.3. The van der Waals surface area contributed by atoms with E-state index in [0.717, 1.165) is 18.2 Å². The summed E-state index contributed by atoms with van der Waals surface area (Å²) in [6.07, 6.45) is -4.13. The van der Waals surface area contributed by atoms with Crippen molar-refractivity contribution in [1.29, 1.82) is 0 Å². The molecule has 0 spiro atoms. The van der Waals surface area contributed by atoms with Crippen LogP contribution >= 0.6 is 0 Å². The molecular weight excluding hydrogens is 403 g/mol. The number of carboxylic acids is 1. The molecule has 2 atom stereocenters. The van der Waals surface area contributed by atoms with Crippen molar-refractivity contribution in [2.45, 2.75) is 58.8 Å². The molecule has 7 nitrogen and oxygen atoms in total. The Morgan fingerprint density at radius 2 is 1.53 bits per heavy atom. The molecule has 3 amide bonds. The third-order valence-electron chi connectivity index (χ3n) is 4.10. The average Bonchev–Trinajstić information content (AvgIpc) is 2.59. The van der Waals surface area contributed by atoms with Gasteiger partial charge in [-0.2, -0.15) is 13.2 Å². The fourth-order valence-electron chi connectivity index (χ4n) is 2.77. The second kappa shape index (κ2) is 10.8. The molecule has 0 aliphatic heterocycles. The van der Waals surface area contributed by atoms with E-state index in [1.165, 1.54) is 6.07 Å². The van der Waals surface area contributed by atoms with Crippen molar-refractivity contribution in [2.75, 3.05) is 5.32 Å². The Morgan fingerprint density at radius 1 is 0.967 bits per heavy atom. The minimum Gasteiger partial charge on any atom is -0.480 e. The van der Waals surface area contributed by atoms with Gasteiger partial charge < -0.3 is 21.1 Å². The first-order valence-corrected chi connectivity index (χ1v) is 9.57. The normalized spacial score (nSPS) is 13.6. The van der Waals surface area contributed by atoms with Gasteiger partial charge in [0.2, 0.25) is 5.91 Å². The zero-order chi connectivity index (χ0) is 23.1. The number of carbonyl (C=O) groups is 3. The lowest BCUT2D eigenvalue weighted by Gasteiger charge is -2.23. The van der Waals surface area contributed by atoms with Crippen molar-refractivity contribution in [3.05, 3.63) is 29.8 Å². The Balaban J connectivity index is 2.87. The molecule has 4 N–H and O–H groups in total. The van der Waals surface area contributed by atoms with Crippen LogP contribution in [0.1, 0.15) is 46.1 Å². The van der Waals surface area contributed by atoms with E-state index in [2.05, 4.69) is 16.0 Å². The number of benzene rings is 1. The molecule has 0 aliphatic rings.